The van der Waals surface area contributed by atoms with Gasteiger partial charge in [0.05, 0.1) is 27.0 Å². The van der Waals surface area contributed by atoms with Crippen LogP contribution < -0.4 is 5.73 Å². The van der Waals surface area contributed by atoms with Crippen molar-refractivity contribution in [1.29, 1.82) is 0 Å². The van der Waals surface area contributed by atoms with Crippen molar-refractivity contribution in [2.45, 2.75) is 33.6 Å². The van der Waals surface area contributed by atoms with E-state index in [-0.39, 0.29) is 5.84 Å². The van der Waals surface area contributed by atoms with Crippen LogP contribution in [-0.2, 0) is 15.6 Å². The van der Waals surface area contributed by atoms with E-state index >= 15 is 0 Å². The number of aliphatic imine (C=N–C) groups is 1. The molecule has 22 heavy (non-hydrogen) atoms. The van der Waals surface area contributed by atoms with Crippen molar-refractivity contribution >= 4 is 40.5 Å². The zero-order valence-corrected chi connectivity index (χ0v) is 14.2. The first-order valence-electron chi connectivity index (χ1n) is 6.49. The second-order valence-corrected chi connectivity index (χ2v) is 5.96. The molecule has 8 heteroatoms. The Morgan fingerprint density at radius 2 is 1.55 bits per heavy atom. The maximum absolute atomic E-state index is 6.09. The number of amidine groups is 1. The molecule has 2 N–H and O–H groups in total. The molecule has 0 fully saturated rings. The number of nitrogens with zero attached hydrogens (tertiary/aromatic N) is 3. The van der Waals surface area contributed by atoms with Crippen LogP contribution in [0.15, 0.2) is 27.4 Å². The van der Waals surface area contributed by atoms with Crippen LogP contribution >= 0.6 is 23.2 Å². The molecule has 6 nitrogen and oxygen atoms in total. The lowest BCUT2D eigenvalue weighted by Crippen LogP contribution is -2.26. The summed E-state index contributed by atoms with van der Waals surface area (Å²) >= 11 is 12.1. The topological polar surface area (TPSA) is 81.6 Å². The van der Waals surface area contributed by atoms with Gasteiger partial charge in [-0.1, -0.05) is 33.5 Å². The number of benzene rings is 1. The third-order valence-electron chi connectivity index (χ3n) is 2.65. The fraction of sp³-hybridized carbons (Fsp3) is 0.357. The molecular formula is C14H16Cl2N4O2. The molecule has 1 aliphatic heterocycles. The highest BCUT2D eigenvalue weighted by molar-refractivity contribution is 6.42. The van der Waals surface area contributed by atoms with E-state index in [1.54, 1.807) is 39.8 Å². The van der Waals surface area contributed by atoms with Crippen LogP contribution in [-0.4, -0.2) is 17.3 Å². The molecule has 1 heterocycles. The first-order chi connectivity index (χ1) is 10.2. The van der Waals surface area contributed by atoms with Crippen LogP contribution in [0.4, 0.5) is 0 Å². The molecular weight excluding hydrogens is 327 g/mol. The van der Waals surface area contributed by atoms with Gasteiger partial charge >= 0.3 is 5.91 Å². The van der Waals surface area contributed by atoms with Crippen molar-refractivity contribution in [1.82, 2.24) is 0 Å². The van der Waals surface area contributed by atoms with Crippen molar-refractivity contribution < 1.29 is 9.68 Å². The summed E-state index contributed by atoms with van der Waals surface area (Å²) in [5.41, 5.74) is 8.38. The molecule has 1 aromatic rings. The lowest BCUT2D eigenvalue weighted by atomic mass is 10.1. The fourth-order valence-corrected chi connectivity index (χ4v) is 2.09. The number of rotatable bonds is 4. The molecule has 0 radical (unpaired) electrons. The summed E-state index contributed by atoms with van der Waals surface area (Å²) in [5.74, 6) is -1.40. The van der Waals surface area contributed by atoms with Crippen molar-refractivity contribution in [3.8, 4) is 0 Å². The molecule has 0 spiro atoms. The van der Waals surface area contributed by atoms with Crippen molar-refractivity contribution in [2.24, 2.45) is 21.0 Å². The van der Waals surface area contributed by atoms with E-state index in [0.29, 0.717) is 32.6 Å². The predicted octanol–water partition coefficient (Wildman–Crippen LogP) is 3.65. The summed E-state index contributed by atoms with van der Waals surface area (Å²) in [5, 5.41) is 8.54. The van der Waals surface area contributed by atoms with Gasteiger partial charge < -0.3 is 15.4 Å². The molecule has 0 aromatic heterocycles. The maximum atomic E-state index is 6.09. The fourth-order valence-electron chi connectivity index (χ4n) is 1.76. The van der Waals surface area contributed by atoms with Crippen molar-refractivity contribution in [3.05, 3.63) is 33.3 Å². The third-order valence-corrected chi connectivity index (χ3v) is 3.37. The summed E-state index contributed by atoms with van der Waals surface area (Å²) in [6.45, 7) is 7.11. The van der Waals surface area contributed by atoms with Crippen LogP contribution in [0.5, 0.6) is 0 Å². The Kier molecular flexibility index (Phi) is 4.63. The zero-order valence-electron chi connectivity index (χ0n) is 12.6. The second-order valence-electron chi connectivity index (χ2n) is 5.15. The average molecular weight is 343 g/mol. The van der Waals surface area contributed by atoms with Crippen molar-refractivity contribution in [3.63, 3.8) is 0 Å². The van der Waals surface area contributed by atoms with Crippen LogP contribution in [0.1, 0.15) is 38.8 Å². The summed E-state index contributed by atoms with van der Waals surface area (Å²) in [7, 11) is 0. The van der Waals surface area contributed by atoms with Gasteiger partial charge in [0.2, 0.25) is 0 Å². The largest absolute Gasteiger partial charge is 0.428 e. The number of nitrogens with two attached hydrogens (primary N) is 1. The number of oxime groups is 2. The Labute approximate surface area is 138 Å². The van der Waals surface area contributed by atoms with Gasteiger partial charge in [0.15, 0.2) is 0 Å². The van der Waals surface area contributed by atoms with Crippen LogP contribution in [0.25, 0.3) is 0 Å². The SMILES string of the molecule is CC(C)=NOC1(ON=C(C)C)N=C(N)c2cc(Cl)c(Cl)cc21. The molecule has 0 atom stereocenters. The van der Waals surface area contributed by atoms with E-state index < -0.39 is 5.91 Å². The van der Waals surface area contributed by atoms with Gasteiger partial charge in [-0.2, -0.15) is 4.99 Å². The van der Waals surface area contributed by atoms with E-state index in [1.165, 1.54) is 0 Å². The smallest absolute Gasteiger partial charge is 0.383 e. The van der Waals surface area contributed by atoms with E-state index in [4.69, 9.17) is 38.6 Å². The minimum atomic E-state index is -1.61. The molecule has 0 amide bonds. The quantitative estimate of drug-likeness (QED) is 0.515. The Bertz CT molecular complexity index is 670. The summed E-state index contributed by atoms with van der Waals surface area (Å²) in [6, 6.07) is 3.20. The molecule has 2 rings (SSSR count). The molecule has 1 aromatic carbocycles. The third kappa shape index (κ3) is 3.18. The van der Waals surface area contributed by atoms with Gasteiger partial charge in [0.1, 0.15) is 5.84 Å². The normalized spacial score (nSPS) is 14.7. The highest BCUT2D eigenvalue weighted by Crippen LogP contribution is 2.41. The summed E-state index contributed by atoms with van der Waals surface area (Å²) in [4.78, 5) is 15.2. The van der Waals surface area contributed by atoms with Gasteiger partial charge in [0, 0.05) is 5.56 Å². The van der Waals surface area contributed by atoms with Crippen LogP contribution in [0.2, 0.25) is 10.0 Å². The molecule has 0 unspecified atom stereocenters. The lowest BCUT2D eigenvalue weighted by molar-refractivity contribution is -0.240. The van der Waals surface area contributed by atoms with Crippen LogP contribution in [0, 0.1) is 0 Å². The Balaban J connectivity index is 2.58. The van der Waals surface area contributed by atoms with Gasteiger partial charge in [-0.3, -0.25) is 0 Å². The molecule has 118 valence electrons. The standard InChI is InChI=1S/C14H16Cl2N4O2/c1-7(2)19-21-14(22-20-8(3)4)10-6-12(16)11(15)5-9(10)13(17)18-14/h5-6H,1-4H3,(H2,17,18). The Morgan fingerprint density at radius 1 is 1.05 bits per heavy atom. The average Bonchev–Trinajstić information content (AvgIpc) is 2.69. The van der Waals surface area contributed by atoms with Gasteiger partial charge in [0.25, 0.3) is 0 Å². The molecule has 0 bridgehead atoms. The van der Waals surface area contributed by atoms with Gasteiger partial charge in [-0.05, 0) is 39.8 Å². The zero-order chi connectivity index (χ0) is 16.5. The second kappa shape index (κ2) is 6.14. The van der Waals surface area contributed by atoms with E-state index in [2.05, 4.69) is 15.3 Å². The molecule has 0 aliphatic carbocycles. The van der Waals surface area contributed by atoms with Crippen molar-refractivity contribution in [2.75, 3.05) is 0 Å². The minimum absolute atomic E-state index is 0.210. The number of fused-ring (bicyclic) bond motifs is 1. The number of hydrogen-bond donors (Lipinski definition) is 1. The Hall–Kier alpha value is -1.79. The highest BCUT2D eigenvalue weighted by atomic mass is 35.5. The first-order valence-corrected chi connectivity index (χ1v) is 7.25. The van der Waals surface area contributed by atoms with Gasteiger partial charge in [-0.25, -0.2) is 0 Å². The van der Waals surface area contributed by atoms with E-state index in [9.17, 15) is 0 Å². The molecule has 0 saturated carbocycles. The Morgan fingerprint density at radius 3 is 2.05 bits per heavy atom. The lowest BCUT2D eigenvalue weighted by Gasteiger charge is -2.22. The summed E-state index contributed by atoms with van der Waals surface area (Å²) in [6.07, 6.45) is 0. The predicted molar refractivity (Wildman–Crippen MR) is 88.6 cm³/mol. The van der Waals surface area contributed by atoms with E-state index in [1.807, 2.05) is 0 Å². The summed E-state index contributed by atoms with van der Waals surface area (Å²) < 4.78 is 0. The molecule has 0 saturated heterocycles. The number of halogens is 2. The van der Waals surface area contributed by atoms with E-state index in [0.717, 1.165) is 0 Å². The minimum Gasteiger partial charge on any atom is -0.383 e. The first kappa shape index (κ1) is 16.6. The number of hydrogen-bond acceptors (Lipinski definition) is 6. The monoisotopic (exact) mass is 342 g/mol. The highest BCUT2D eigenvalue weighted by Gasteiger charge is 2.46. The van der Waals surface area contributed by atoms with Gasteiger partial charge in [-0.15, -0.1) is 0 Å². The van der Waals surface area contributed by atoms with Crippen LogP contribution in [0.3, 0.4) is 0 Å². The molecule has 1 aliphatic rings. The maximum Gasteiger partial charge on any atom is 0.428 e.